The van der Waals surface area contributed by atoms with Crippen molar-refractivity contribution in [2.75, 3.05) is 49.5 Å². The van der Waals surface area contributed by atoms with E-state index in [-0.39, 0.29) is 5.82 Å². The molecular formula is C24H28FN7. The molecule has 8 heteroatoms. The van der Waals surface area contributed by atoms with Crippen LogP contribution in [0.25, 0.3) is 16.7 Å². The number of fused-ring (bicyclic) bond motifs is 3. The molecule has 4 aromatic rings. The van der Waals surface area contributed by atoms with Crippen molar-refractivity contribution >= 4 is 28.2 Å². The number of aromatic nitrogens is 4. The van der Waals surface area contributed by atoms with Crippen molar-refractivity contribution in [3.05, 3.63) is 60.2 Å². The van der Waals surface area contributed by atoms with Gasteiger partial charge in [-0.1, -0.05) is 31.2 Å². The molecule has 0 unspecified atom stereocenters. The second-order valence-corrected chi connectivity index (χ2v) is 8.14. The molecule has 1 aliphatic rings. The molecule has 0 bridgehead atoms. The second kappa shape index (κ2) is 9.08. The maximum atomic E-state index is 14.0. The summed E-state index contributed by atoms with van der Waals surface area (Å²) in [4.78, 5) is 9.37. The molecule has 5 rings (SSSR count). The predicted molar refractivity (Wildman–Crippen MR) is 126 cm³/mol. The maximum absolute atomic E-state index is 14.0. The summed E-state index contributed by atoms with van der Waals surface area (Å²) in [5, 5.41) is 12.2. The Morgan fingerprint density at radius 3 is 2.56 bits per heavy atom. The molecule has 0 atom stereocenters. The fraction of sp³-hybridized carbons (Fsp3) is 0.375. The minimum Gasteiger partial charge on any atom is -0.367 e. The Labute approximate surface area is 186 Å². The van der Waals surface area contributed by atoms with E-state index in [0.29, 0.717) is 5.69 Å². The van der Waals surface area contributed by atoms with Crippen LogP contribution in [0.15, 0.2) is 48.5 Å². The molecule has 0 saturated carbocycles. The van der Waals surface area contributed by atoms with Crippen molar-refractivity contribution in [1.29, 1.82) is 0 Å². The smallest absolute Gasteiger partial charge is 0.204 e. The molecule has 0 radical (unpaired) electrons. The van der Waals surface area contributed by atoms with Crippen LogP contribution in [0.4, 0.5) is 15.9 Å². The lowest BCUT2D eigenvalue weighted by molar-refractivity contribution is 0.256. The standard InChI is InChI=1S/C24H28FN7/c1-2-22-28-29-24-23(27-19-9-4-6-11-21(19)32(22)24)26-12-7-13-30-14-16-31(17-15-30)20-10-5-3-8-18(20)25/h3-6,8-11H,2,7,12-17H2,1H3,(H,26,27). The topological polar surface area (TPSA) is 61.6 Å². The first-order chi connectivity index (χ1) is 15.7. The molecule has 32 heavy (non-hydrogen) atoms. The number of nitrogens with zero attached hydrogens (tertiary/aromatic N) is 6. The highest BCUT2D eigenvalue weighted by molar-refractivity contribution is 5.82. The summed E-state index contributed by atoms with van der Waals surface area (Å²) in [6.07, 6.45) is 1.81. The highest BCUT2D eigenvalue weighted by atomic mass is 19.1. The van der Waals surface area contributed by atoms with Gasteiger partial charge in [0.2, 0.25) is 5.65 Å². The van der Waals surface area contributed by atoms with Gasteiger partial charge < -0.3 is 10.2 Å². The summed E-state index contributed by atoms with van der Waals surface area (Å²) in [6, 6.07) is 15.1. The molecule has 1 N–H and O–H groups in total. The van der Waals surface area contributed by atoms with E-state index in [1.54, 1.807) is 6.07 Å². The Kier molecular flexibility index (Phi) is 5.85. The molecule has 166 valence electrons. The lowest BCUT2D eigenvalue weighted by atomic mass is 10.2. The average Bonchev–Trinajstić information content (AvgIpc) is 3.27. The summed E-state index contributed by atoms with van der Waals surface area (Å²) in [5.74, 6) is 1.58. The number of anilines is 2. The normalized spacial score (nSPS) is 15.0. The molecule has 1 saturated heterocycles. The number of nitrogens with one attached hydrogen (secondary N) is 1. The summed E-state index contributed by atoms with van der Waals surface area (Å²) in [6.45, 7) is 7.47. The van der Waals surface area contributed by atoms with Crippen molar-refractivity contribution in [2.45, 2.75) is 19.8 Å². The van der Waals surface area contributed by atoms with E-state index >= 15 is 0 Å². The molecule has 0 amide bonds. The third kappa shape index (κ3) is 3.98. The van der Waals surface area contributed by atoms with Crippen LogP contribution in [0.1, 0.15) is 19.2 Å². The number of hydrogen-bond donors (Lipinski definition) is 1. The Hall–Kier alpha value is -3.26. The van der Waals surface area contributed by atoms with Crippen LogP contribution < -0.4 is 10.2 Å². The monoisotopic (exact) mass is 433 g/mol. The number of halogens is 1. The summed E-state index contributed by atoms with van der Waals surface area (Å²) >= 11 is 0. The van der Waals surface area contributed by atoms with Crippen molar-refractivity contribution in [2.24, 2.45) is 0 Å². The molecule has 7 nitrogen and oxygen atoms in total. The van der Waals surface area contributed by atoms with Gasteiger partial charge in [0.15, 0.2) is 5.82 Å². The largest absolute Gasteiger partial charge is 0.367 e. The van der Waals surface area contributed by atoms with Gasteiger partial charge in [0.05, 0.1) is 16.7 Å². The zero-order valence-corrected chi connectivity index (χ0v) is 18.3. The molecule has 1 fully saturated rings. The van der Waals surface area contributed by atoms with Crippen molar-refractivity contribution < 1.29 is 4.39 Å². The second-order valence-electron chi connectivity index (χ2n) is 8.14. The first-order valence-corrected chi connectivity index (χ1v) is 11.3. The first-order valence-electron chi connectivity index (χ1n) is 11.3. The van der Waals surface area contributed by atoms with Gasteiger partial charge in [-0.2, -0.15) is 0 Å². The van der Waals surface area contributed by atoms with E-state index in [2.05, 4.69) is 42.7 Å². The zero-order chi connectivity index (χ0) is 21.9. The third-order valence-corrected chi connectivity index (χ3v) is 6.12. The van der Waals surface area contributed by atoms with Gasteiger partial charge in [0, 0.05) is 39.1 Å². The lowest BCUT2D eigenvalue weighted by Crippen LogP contribution is -2.47. The van der Waals surface area contributed by atoms with E-state index < -0.39 is 0 Å². The average molecular weight is 434 g/mol. The van der Waals surface area contributed by atoms with E-state index in [9.17, 15) is 4.39 Å². The molecule has 2 aromatic carbocycles. The van der Waals surface area contributed by atoms with Crippen molar-refractivity contribution in [3.63, 3.8) is 0 Å². The molecule has 1 aliphatic heterocycles. The molecule has 2 aromatic heterocycles. The fourth-order valence-corrected chi connectivity index (χ4v) is 4.42. The highest BCUT2D eigenvalue weighted by Crippen LogP contribution is 2.22. The van der Waals surface area contributed by atoms with Crippen molar-refractivity contribution in [3.8, 4) is 0 Å². The molecule has 0 aliphatic carbocycles. The van der Waals surface area contributed by atoms with E-state index in [1.807, 2.05) is 30.3 Å². The zero-order valence-electron chi connectivity index (χ0n) is 18.3. The quantitative estimate of drug-likeness (QED) is 0.450. The maximum Gasteiger partial charge on any atom is 0.204 e. The number of benzene rings is 2. The number of para-hydroxylation sites is 3. The van der Waals surface area contributed by atoms with Crippen LogP contribution in [0, 0.1) is 5.82 Å². The fourth-order valence-electron chi connectivity index (χ4n) is 4.42. The Morgan fingerprint density at radius 2 is 1.75 bits per heavy atom. The molecule has 0 spiro atoms. The van der Waals surface area contributed by atoms with Crippen LogP contribution in [0.3, 0.4) is 0 Å². The number of aryl methyl sites for hydroxylation is 1. The number of hydrogen-bond acceptors (Lipinski definition) is 6. The minimum atomic E-state index is -0.140. The van der Waals surface area contributed by atoms with Gasteiger partial charge in [0.25, 0.3) is 0 Å². The van der Waals surface area contributed by atoms with E-state index in [4.69, 9.17) is 4.98 Å². The van der Waals surface area contributed by atoms with Gasteiger partial charge in [-0.3, -0.25) is 9.30 Å². The van der Waals surface area contributed by atoms with Crippen LogP contribution in [-0.4, -0.2) is 63.8 Å². The third-order valence-electron chi connectivity index (χ3n) is 6.12. The minimum absolute atomic E-state index is 0.140. The lowest BCUT2D eigenvalue weighted by Gasteiger charge is -2.36. The SMILES string of the molecule is CCc1nnc2c(NCCCN3CCN(c4ccccc4F)CC3)nc3ccccc3n12. The van der Waals surface area contributed by atoms with Gasteiger partial charge in [-0.25, -0.2) is 9.37 Å². The molecule has 3 heterocycles. The number of rotatable bonds is 7. The van der Waals surface area contributed by atoms with E-state index in [0.717, 1.165) is 80.4 Å². The van der Waals surface area contributed by atoms with Gasteiger partial charge in [-0.05, 0) is 37.2 Å². The molecular weight excluding hydrogens is 405 g/mol. The van der Waals surface area contributed by atoms with Gasteiger partial charge in [-0.15, -0.1) is 10.2 Å². The Balaban J connectivity index is 1.19. The van der Waals surface area contributed by atoms with Gasteiger partial charge >= 0.3 is 0 Å². The van der Waals surface area contributed by atoms with Crippen LogP contribution in [0.2, 0.25) is 0 Å². The van der Waals surface area contributed by atoms with E-state index in [1.165, 1.54) is 6.07 Å². The summed E-state index contributed by atoms with van der Waals surface area (Å²) in [7, 11) is 0. The number of piperazine rings is 1. The predicted octanol–water partition coefficient (Wildman–Crippen LogP) is 3.60. The highest BCUT2D eigenvalue weighted by Gasteiger charge is 2.19. The van der Waals surface area contributed by atoms with Crippen LogP contribution in [0.5, 0.6) is 0 Å². The Morgan fingerprint density at radius 1 is 0.969 bits per heavy atom. The summed E-state index contributed by atoms with van der Waals surface area (Å²) in [5.41, 5.74) is 3.45. The van der Waals surface area contributed by atoms with Crippen LogP contribution >= 0.6 is 0 Å². The summed E-state index contributed by atoms with van der Waals surface area (Å²) < 4.78 is 16.1. The Bertz CT molecular complexity index is 1210. The first kappa shape index (κ1) is 20.6. The van der Waals surface area contributed by atoms with Gasteiger partial charge in [0.1, 0.15) is 11.6 Å². The van der Waals surface area contributed by atoms with Crippen molar-refractivity contribution in [1.82, 2.24) is 24.5 Å². The van der Waals surface area contributed by atoms with Crippen LogP contribution in [-0.2, 0) is 6.42 Å².